The summed E-state index contributed by atoms with van der Waals surface area (Å²) in [6.45, 7) is 0.839. The van der Waals surface area contributed by atoms with Crippen molar-refractivity contribution in [1.82, 2.24) is 5.32 Å². The molecule has 0 spiro atoms. The molecule has 27 heavy (non-hydrogen) atoms. The van der Waals surface area contributed by atoms with E-state index in [9.17, 15) is 27.6 Å². The van der Waals surface area contributed by atoms with E-state index in [1.165, 1.54) is 0 Å². The first-order valence-corrected chi connectivity index (χ1v) is 8.84. The van der Waals surface area contributed by atoms with E-state index < -0.39 is 29.7 Å². The van der Waals surface area contributed by atoms with Crippen LogP contribution in [0.25, 0.3) is 0 Å². The highest BCUT2D eigenvalue weighted by Gasteiger charge is 2.63. The molecule has 0 unspecified atom stereocenters. The SMILES string of the molecule is COC(=O)c1c(N[C@@](NC(C)=O)(C(=O)OC)C(F)(F)F)sc2c1CCCC2. The Labute approximate surface area is 157 Å². The number of nitrogens with one attached hydrogen (secondary N) is 2. The average molecular weight is 408 g/mol. The Morgan fingerprint density at radius 1 is 1.07 bits per heavy atom. The zero-order chi connectivity index (χ0) is 20.4. The Balaban J connectivity index is 2.64. The smallest absolute Gasteiger partial charge is 0.441 e. The maximum atomic E-state index is 13.9. The van der Waals surface area contributed by atoms with Crippen LogP contribution in [0.2, 0.25) is 0 Å². The molecule has 0 fully saturated rings. The number of aryl methyl sites for hydroxylation is 1. The van der Waals surface area contributed by atoms with Crippen LogP contribution in [0.1, 0.15) is 40.6 Å². The first-order chi connectivity index (χ1) is 12.6. The summed E-state index contributed by atoms with van der Waals surface area (Å²) in [6.07, 6.45) is -2.52. The van der Waals surface area contributed by atoms with Crippen molar-refractivity contribution in [2.45, 2.75) is 44.4 Å². The molecule has 1 aliphatic rings. The van der Waals surface area contributed by atoms with Crippen LogP contribution in [0.3, 0.4) is 0 Å². The van der Waals surface area contributed by atoms with Crippen molar-refractivity contribution in [2.75, 3.05) is 19.5 Å². The highest BCUT2D eigenvalue weighted by Crippen LogP contribution is 2.42. The normalized spacial score (nSPS) is 15.9. The van der Waals surface area contributed by atoms with E-state index in [4.69, 9.17) is 4.74 Å². The van der Waals surface area contributed by atoms with E-state index in [1.807, 2.05) is 5.32 Å². The molecule has 1 amide bonds. The van der Waals surface area contributed by atoms with Crippen LogP contribution in [0, 0.1) is 0 Å². The number of ether oxygens (including phenoxy) is 2. The molecule has 0 aromatic carbocycles. The van der Waals surface area contributed by atoms with Crippen LogP contribution in [-0.4, -0.2) is 43.9 Å². The summed E-state index contributed by atoms with van der Waals surface area (Å²) in [4.78, 5) is 36.5. The molecule has 1 atom stereocenters. The third-order valence-electron chi connectivity index (χ3n) is 4.14. The Bertz CT molecular complexity index is 762. The summed E-state index contributed by atoms with van der Waals surface area (Å²) >= 11 is 0.933. The van der Waals surface area contributed by atoms with Crippen molar-refractivity contribution in [3.8, 4) is 0 Å². The molecule has 11 heteroatoms. The van der Waals surface area contributed by atoms with Gasteiger partial charge in [0.1, 0.15) is 5.00 Å². The van der Waals surface area contributed by atoms with Crippen LogP contribution < -0.4 is 10.6 Å². The maximum Gasteiger partial charge on any atom is 0.441 e. The number of hydrogen-bond acceptors (Lipinski definition) is 7. The summed E-state index contributed by atoms with van der Waals surface area (Å²) in [6, 6.07) is 0. The molecule has 0 saturated heterocycles. The lowest BCUT2D eigenvalue weighted by atomic mass is 9.95. The van der Waals surface area contributed by atoms with Gasteiger partial charge < -0.3 is 20.1 Å². The van der Waals surface area contributed by atoms with Gasteiger partial charge in [-0.3, -0.25) is 4.79 Å². The van der Waals surface area contributed by atoms with Gasteiger partial charge in [-0.15, -0.1) is 11.3 Å². The molecular weight excluding hydrogens is 389 g/mol. The zero-order valence-electron chi connectivity index (χ0n) is 14.9. The molecule has 1 aromatic rings. The van der Waals surface area contributed by atoms with Crippen LogP contribution in [0.5, 0.6) is 0 Å². The van der Waals surface area contributed by atoms with Crippen molar-refractivity contribution >= 4 is 34.2 Å². The average Bonchev–Trinajstić information content (AvgIpc) is 2.96. The number of alkyl halides is 3. The van der Waals surface area contributed by atoms with Gasteiger partial charge in [-0.25, -0.2) is 9.59 Å². The fraction of sp³-hybridized carbons (Fsp3) is 0.562. The van der Waals surface area contributed by atoms with E-state index in [0.29, 0.717) is 18.4 Å². The highest BCUT2D eigenvalue weighted by molar-refractivity contribution is 7.16. The van der Waals surface area contributed by atoms with E-state index in [0.717, 1.165) is 50.2 Å². The van der Waals surface area contributed by atoms with Crippen LogP contribution in [0.4, 0.5) is 18.2 Å². The molecule has 7 nitrogen and oxygen atoms in total. The van der Waals surface area contributed by atoms with Crippen molar-refractivity contribution in [3.63, 3.8) is 0 Å². The second kappa shape index (κ2) is 7.75. The lowest BCUT2D eigenvalue weighted by molar-refractivity contribution is -0.206. The number of carbonyl (C=O) groups is 3. The number of amides is 1. The van der Waals surface area contributed by atoms with Gasteiger partial charge in [-0.2, -0.15) is 13.2 Å². The van der Waals surface area contributed by atoms with Gasteiger partial charge in [0.15, 0.2) is 0 Å². The largest absolute Gasteiger partial charge is 0.466 e. The fourth-order valence-electron chi connectivity index (χ4n) is 2.95. The van der Waals surface area contributed by atoms with Crippen molar-refractivity contribution < 1.29 is 37.0 Å². The first kappa shape index (κ1) is 21.0. The predicted octanol–water partition coefficient (Wildman–Crippen LogP) is 2.39. The van der Waals surface area contributed by atoms with Gasteiger partial charge in [-0.05, 0) is 31.2 Å². The van der Waals surface area contributed by atoms with E-state index >= 15 is 0 Å². The third kappa shape index (κ3) is 3.87. The molecule has 0 saturated carbocycles. The first-order valence-electron chi connectivity index (χ1n) is 8.02. The number of thiophene rings is 1. The van der Waals surface area contributed by atoms with Crippen LogP contribution in [-0.2, 0) is 31.9 Å². The van der Waals surface area contributed by atoms with E-state index in [-0.39, 0.29) is 10.6 Å². The number of rotatable bonds is 5. The predicted molar refractivity (Wildman–Crippen MR) is 90.5 cm³/mol. The zero-order valence-corrected chi connectivity index (χ0v) is 15.7. The lowest BCUT2D eigenvalue weighted by Gasteiger charge is -2.34. The van der Waals surface area contributed by atoms with Gasteiger partial charge in [0.05, 0.1) is 19.8 Å². The second-order valence-corrected chi connectivity index (χ2v) is 7.06. The maximum absolute atomic E-state index is 13.9. The summed E-state index contributed by atoms with van der Waals surface area (Å²) in [7, 11) is 1.89. The number of carbonyl (C=O) groups excluding carboxylic acids is 3. The van der Waals surface area contributed by atoms with Crippen molar-refractivity contribution in [3.05, 3.63) is 16.0 Å². The van der Waals surface area contributed by atoms with Crippen molar-refractivity contribution in [1.29, 1.82) is 0 Å². The highest BCUT2D eigenvalue weighted by atomic mass is 32.1. The molecule has 0 bridgehead atoms. The molecule has 1 heterocycles. The lowest BCUT2D eigenvalue weighted by Crippen LogP contribution is -2.69. The summed E-state index contributed by atoms with van der Waals surface area (Å²) < 4.78 is 50.6. The molecule has 1 aliphatic carbocycles. The minimum absolute atomic E-state index is 0.0555. The molecule has 0 radical (unpaired) electrons. The summed E-state index contributed by atoms with van der Waals surface area (Å²) in [5.41, 5.74) is -2.99. The van der Waals surface area contributed by atoms with Crippen LogP contribution >= 0.6 is 11.3 Å². The summed E-state index contributed by atoms with van der Waals surface area (Å²) in [5, 5.41) is 3.44. The molecule has 2 N–H and O–H groups in total. The Hall–Kier alpha value is -2.30. The Kier molecular flexibility index (Phi) is 6.03. The van der Waals surface area contributed by atoms with Gasteiger partial charge in [0.2, 0.25) is 5.91 Å². The quantitative estimate of drug-likeness (QED) is 0.574. The van der Waals surface area contributed by atoms with Crippen molar-refractivity contribution in [2.24, 2.45) is 0 Å². The van der Waals surface area contributed by atoms with E-state index in [1.54, 1.807) is 5.32 Å². The minimum atomic E-state index is -5.25. The number of halogens is 3. The third-order valence-corrected chi connectivity index (χ3v) is 5.35. The number of methoxy groups -OCH3 is 2. The number of fused-ring (bicyclic) bond motifs is 1. The van der Waals surface area contributed by atoms with Gasteiger partial charge >= 0.3 is 23.8 Å². The number of anilines is 1. The van der Waals surface area contributed by atoms with Gasteiger partial charge in [0.25, 0.3) is 0 Å². The summed E-state index contributed by atoms with van der Waals surface area (Å²) in [5.74, 6) is -3.68. The standard InChI is InChI=1S/C16H19F3N2O5S/c1-8(22)20-15(14(24)26-3,16(17,18)19)21-12-11(13(23)25-2)9-6-4-5-7-10(9)27-12/h21H,4-7H2,1-3H3,(H,20,22)/t15-/m0/s1. The topological polar surface area (TPSA) is 93.7 Å². The van der Waals surface area contributed by atoms with Crippen LogP contribution in [0.15, 0.2) is 0 Å². The van der Waals surface area contributed by atoms with Gasteiger partial charge in [-0.1, -0.05) is 0 Å². The molecular formula is C16H19F3N2O5S. The fourth-order valence-corrected chi connectivity index (χ4v) is 4.28. The van der Waals surface area contributed by atoms with Gasteiger partial charge in [0, 0.05) is 11.8 Å². The second-order valence-electron chi connectivity index (χ2n) is 5.95. The number of esters is 2. The molecule has 150 valence electrons. The molecule has 2 rings (SSSR count). The molecule has 1 aromatic heterocycles. The number of hydrogen-bond donors (Lipinski definition) is 2. The Morgan fingerprint density at radius 3 is 2.22 bits per heavy atom. The monoisotopic (exact) mass is 408 g/mol. The Morgan fingerprint density at radius 2 is 1.70 bits per heavy atom. The van der Waals surface area contributed by atoms with E-state index in [2.05, 4.69) is 4.74 Å². The molecule has 0 aliphatic heterocycles. The minimum Gasteiger partial charge on any atom is -0.466 e.